The molecule has 9 heteroatoms. The van der Waals surface area contributed by atoms with Crippen LogP contribution in [0.2, 0.25) is 10.0 Å². The number of piperazine rings is 1. The summed E-state index contributed by atoms with van der Waals surface area (Å²) in [6.45, 7) is 2.06. The lowest BCUT2D eigenvalue weighted by Crippen LogP contribution is -2.47. The SMILES string of the molecule is CN1CCN(S(=O)(=O)c2cc(C(=O)Nc3ccc(Cl)cc3)ccc2Cl)CC1. The largest absolute Gasteiger partial charge is 0.322 e. The molecule has 1 fully saturated rings. The van der Waals surface area contributed by atoms with Gasteiger partial charge < -0.3 is 10.2 Å². The lowest BCUT2D eigenvalue weighted by atomic mass is 10.2. The van der Waals surface area contributed by atoms with E-state index in [0.29, 0.717) is 36.9 Å². The number of sulfonamides is 1. The van der Waals surface area contributed by atoms with Gasteiger partial charge in [0.1, 0.15) is 4.90 Å². The summed E-state index contributed by atoms with van der Waals surface area (Å²) < 4.78 is 27.3. The first kappa shape index (κ1) is 20.1. The average Bonchev–Trinajstić information content (AvgIpc) is 2.64. The number of nitrogens with zero attached hydrogens (tertiary/aromatic N) is 2. The van der Waals surface area contributed by atoms with Crippen LogP contribution in [0.25, 0.3) is 0 Å². The Morgan fingerprint density at radius 2 is 1.63 bits per heavy atom. The Morgan fingerprint density at radius 3 is 2.26 bits per heavy atom. The Bertz CT molecular complexity index is 941. The van der Waals surface area contributed by atoms with Gasteiger partial charge in [0, 0.05) is 42.5 Å². The van der Waals surface area contributed by atoms with Gasteiger partial charge in [-0.25, -0.2) is 8.42 Å². The molecule has 1 aliphatic rings. The lowest BCUT2D eigenvalue weighted by Gasteiger charge is -2.31. The molecule has 1 aliphatic heterocycles. The molecule has 1 N–H and O–H groups in total. The maximum absolute atomic E-state index is 13.0. The molecule has 0 saturated carbocycles. The van der Waals surface area contributed by atoms with E-state index in [1.807, 2.05) is 7.05 Å². The summed E-state index contributed by atoms with van der Waals surface area (Å²) in [5.74, 6) is -0.427. The molecule has 27 heavy (non-hydrogen) atoms. The molecule has 6 nitrogen and oxygen atoms in total. The number of hydrogen-bond acceptors (Lipinski definition) is 4. The monoisotopic (exact) mass is 427 g/mol. The van der Waals surface area contributed by atoms with E-state index in [0.717, 1.165) is 0 Å². The molecule has 0 radical (unpaired) electrons. The number of rotatable bonds is 4. The first-order valence-electron chi connectivity index (χ1n) is 8.32. The second-order valence-electron chi connectivity index (χ2n) is 6.31. The highest BCUT2D eigenvalue weighted by Crippen LogP contribution is 2.27. The Morgan fingerprint density at radius 1 is 1.00 bits per heavy atom. The fourth-order valence-corrected chi connectivity index (χ4v) is 4.79. The van der Waals surface area contributed by atoms with Crippen molar-refractivity contribution in [2.45, 2.75) is 4.90 Å². The van der Waals surface area contributed by atoms with Crippen LogP contribution >= 0.6 is 23.2 Å². The minimum Gasteiger partial charge on any atom is -0.322 e. The van der Waals surface area contributed by atoms with Gasteiger partial charge in [-0.2, -0.15) is 4.31 Å². The molecule has 0 aromatic heterocycles. The third-order valence-corrected chi connectivity index (χ3v) is 7.01. The van der Waals surface area contributed by atoms with Crippen molar-refractivity contribution in [3.05, 3.63) is 58.1 Å². The zero-order valence-electron chi connectivity index (χ0n) is 14.7. The topological polar surface area (TPSA) is 69.7 Å². The van der Waals surface area contributed by atoms with Crippen molar-refractivity contribution in [2.24, 2.45) is 0 Å². The number of halogens is 2. The summed E-state index contributed by atoms with van der Waals surface area (Å²) in [5.41, 5.74) is 0.768. The molecule has 1 amide bonds. The van der Waals surface area contributed by atoms with Crippen LogP contribution in [0.3, 0.4) is 0 Å². The van der Waals surface area contributed by atoms with Crippen molar-refractivity contribution < 1.29 is 13.2 Å². The Hall–Kier alpha value is -1.64. The molecular formula is C18H19Cl2N3O3S. The molecule has 0 bridgehead atoms. The Balaban J connectivity index is 1.85. The number of carbonyl (C=O) groups is 1. The molecule has 1 saturated heterocycles. The van der Waals surface area contributed by atoms with Crippen LogP contribution in [0.15, 0.2) is 47.4 Å². The van der Waals surface area contributed by atoms with Gasteiger partial charge in [-0.15, -0.1) is 0 Å². The van der Waals surface area contributed by atoms with Crippen molar-refractivity contribution in [2.75, 3.05) is 38.5 Å². The minimum atomic E-state index is -3.77. The van der Waals surface area contributed by atoms with Crippen LogP contribution in [0.4, 0.5) is 5.69 Å². The van der Waals surface area contributed by atoms with E-state index in [9.17, 15) is 13.2 Å². The van der Waals surface area contributed by atoms with Crippen molar-refractivity contribution in [3.8, 4) is 0 Å². The number of likely N-dealkylation sites (N-methyl/N-ethyl adjacent to an activating group) is 1. The van der Waals surface area contributed by atoms with Crippen molar-refractivity contribution in [3.63, 3.8) is 0 Å². The van der Waals surface area contributed by atoms with Crippen LogP contribution in [0.1, 0.15) is 10.4 Å². The maximum atomic E-state index is 13.0. The van der Waals surface area contributed by atoms with Gasteiger partial charge in [0.25, 0.3) is 5.91 Å². The van der Waals surface area contributed by atoms with Crippen molar-refractivity contribution in [1.82, 2.24) is 9.21 Å². The summed E-state index contributed by atoms with van der Waals surface area (Å²) in [6, 6.07) is 10.9. The minimum absolute atomic E-state index is 0.0579. The predicted octanol–water partition coefficient (Wildman–Crippen LogP) is 3.18. The molecule has 3 rings (SSSR count). The molecule has 2 aromatic carbocycles. The second-order valence-corrected chi connectivity index (χ2v) is 9.06. The fraction of sp³-hybridized carbons (Fsp3) is 0.278. The summed E-state index contributed by atoms with van der Waals surface area (Å²) in [7, 11) is -1.83. The van der Waals surface area contributed by atoms with E-state index in [4.69, 9.17) is 23.2 Å². The highest BCUT2D eigenvalue weighted by molar-refractivity contribution is 7.89. The van der Waals surface area contributed by atoms with Gasteiger partial charge in [-0.1, -0.05) is 23.2 Å². The Labute approximate surface area is 168 Å². The zero-order chi connectivity index (χ0) is 19.6. The van der Waals surface area contributed by atoms with E-state index in [2.05, 4.69) is 10.2 Å². The number of nitrogens with one attached hydrogen (secondary N) is 1. The van der Waals surface area contributed by atoms with E-state index in [1.54, 1.807) is 24.3 Å². The van der Waals surface area contributed by atoms with Gasteiger partial charge in [0.2, 0.25) is 10.0 Å². The standard InChI is InChI=1S/C18H19Cl2N3O3S/c1-22-8-10-23(11-9-22)27(25,26)17-12-13(2-7-16(17)20)18(24)21-15-5-3-14(19)4-6-15/h2-7,12H,8-11H2,1H3,(H,21,24). The van der Waals surface area contributed by atoms with Crippen molar-refractivity contribution >= 4 is 44.8 Å². The van der Waals surface area contributed by atoms with Gasteiger partial charge in [0.15, 0.2) is 0 Å². The zero-order valence-corrected chi connectivity index (χ0v) is 17.0. The normalized spacial score (nSPS) is 16.3. The smallest absolute Gasteiger partial charge is 0.255 e. The van der Waals surface area contributed by atoms with Gasteiger partial charge in [0.05, 0.1) is 5.02 Å². The molecule has 0 atom stereocenters. The van der Waals surface area contributed by atoms with Crippen LogP contribution in [-0.4, -0.2) is 56.8 Å². The molecule has 2 aromatic rings. The van der Waals surface area contributed by atoms with Crippen LogP contribution in [0.5, 0.6) is 0 Å². The van der Waals surface area contributed by atoms with Crippen LogP contribution in [-0.2, 0) is 10.0 Å². The van der Waals surface area contributed by atoms with E-state index in [1.165, 1.54) is 22.5 Å². The van der Waals surface area contributed by atoms with E-state index < -0.39 is 15.9 Å². The molecule has 1 heterocycles. The number of hydrogen-bond donors (Lipinski definition) is 1. The van der Waals surface area contributed by atoms with Gasteiger partial charge in [-0.05, 0) is 49.5 Å². The first-order valence-corrected chi connectivity index (χ1v) is 10.5. The third-order valence-electron chi connectivity index (χ3n) is 4.38. The van der Waals surface area contributed by atoms with Crippen LogP contribution in [0, 0.1) is 0 Å². The summed E-state index contributed by atoms with van der Waals surface area (Å²) in [4.78, 5) is 14.5. The average molecular weight is 428 g/mol. The van der Waals surface area contributed by atoms with Crippen molar-refractivity contribution in [1.29, 1.82) is 0 Å². The van der Waals surface area contributed by atoms with Gasteiger partial charge >= 0.3 is 0 Å². The quantitative estimate of drug-likeness (QED) is 0.812. The second kappa shape index (κ2) is 8.16. The molecule has 144 valence electrons. The van der Waals surface area contributed by atoms with Gasteiger partial charge in [-0.3, -0.25) is 4.79 Å². The number of anilines is 1. The summed E-state index contributed by atoms with van der Waals surface area (Å²) in [5, 5.41) is 3.36. The fourth-order valence-electron chi connectivity index (χ4n) is 2.75. The molecule has 0 aliphatic carbocycles. The summed E-state index contributed by atoms with van der Waals surface area (Å²) >= 11 is 12.0. The Kier molecular flexibility index (Phi) is 6.08. The molecular weight excluding hydrogens is 409 g/mol. The third kappa shape index (κ3) is 4.62. The number of benzene rings is 2. The molecule has 0 spiro atoms. The predicted molar refractivity (Wildman–Crippen MR) is 107 cm³/mol. The van der Waals surface area contributed by atoms with E-state index >= 15 is 0 Å². The van der Waals surface area contributed by atoms with E-state index in [-0.39, 0.29) is 15.5 Å². The first-order chi connectivity index (χ1) is 12.8. The highest BCUT2D eigenvalue weighted by Gasteiger charge is 2.30. The number of carbonyl (C=O) groups excluding carboxylic acids is 1. The van der Waals surface area contributed by atoms with Crippen LogP contribution < -0.4 is 5.32 Å². The molecule has 0 unspecified atom stereocenters. The maximum Gasteiger partial charge on any atom is 0.255 e. The summed E-state index contributed by atoms with van der Waals surface area (Å²) in [6.07, 6.45) is 0. The highest BCUT2D eigenvalue weighted by atomic mass is 35.5. The lowest BCUT2D eigenvalue weighted by molar-refractivity contribution is 0.102. The number of amides is 1.